The van der Waals surface area contributed by atoms with E-state index in [1.165, 1.54) is 12.0 Å². The van der Waals surface area contributed by atoms with Crippen LogP contribution in [0.4, 0.5) is 0 Å². The van der Waals surface area contributed by atoms with Crippen molar-refractivity contribution >= 4 is 5.97 Å². The van der Waals surface area contributed by atoms with Crippen LogP contribution in [0.15, 0.2) is 24.3 Å². The lowest BCUT2D eigenvalue weighted by atomic mass is 9.86. The van der Waals surface area contributed by atoms with Crippen LogP contribution in [0.25, 0.3) is 0 Å². The molecule has 1 saturated heterocycles. The van der Waals surface area contributed by atoms with Gasteiger partial charge in [0.1, 0.15) is 6.04 Å². The van der Waals surface area contributed by atoms with Gasteiger partial charge in [-0.15, -0.1) is 0 Å². The largest absolute Gasteiger partial charge is 0.480 e. The molecule has 1 aliphatic rings. The minimum atomic E-state index is -0.740. The van der Waals surface area contributed by atoms with Gasteiger partial charge in [0.2, 0.25) is 0 Å². The molecule has 1 aliphatic heterocycles. The predicted octanol–water partition coefficient (Wildman–Crippen LogP) is 3.60. The second kappa shape index (κ2) is 5.96. The second-order valence-electron chi connectivity index (χ2n) is 6.71. The number of likely N-dealkylation sites (tertiary alicyclic amines) is 1. The van der Waals surface area contributed by atoms with E-state index in [-0.39, 0.29) is 5.41 Å². The first kappa shape index (κ1) is 15.0. The third-order valence-corrected chi connectivity index (χ3v) is 4.08. The summed E-state index contributed by atoms with van der Waals surface area (Å²) >= 11 is 0. The van der Waals surface area contributed by atoms with Crippen molar-refractivity contribution < 1.29 is 9.90 Å². The predicted molar refractivity (Wildman–Crippen MR) is 80.9 cm³/mol. The van der Waals surface area contributed by atoms with Gasteiger partial charge in [-0.2, -0.15) is 0 Å². The summed E-state index contributed by atoms with van der Waals surface area (Å²) in [6.07, 6.45) is 3.42. The van der Waals surface area contributed by atoms with Crippen LogP contribution in [0.5, 0.6) is 0 Å². The van der Waals surface area contributed by atoms with Gasteiger partial charge in [-0.05, 0) is 42.5 Å². The van der Waals surface area contributed by atoms with E-state index in [0.29, 0.717) is 0 Å². The highest BCUT2D eigenvalue weighted by Gasteiger charge is 2.28. The molecule has 0 radical (unpaired) electrons. The zero-order valence-corrected chi connectivity index (χ0v) is 12.7. The molecule has 3 heteroatoms. The highest BCUT2D eigenvalue weighted by Crippen LogP contribution is 2.28. The maximum Gasteiger partial charge on any atom is 0.325 e. The van der Waals surface area contributed by atoms with Crippen molar-refractivity contribution in [1.29, 1.82) is 0 Å². The van der Waals surface area contributed by atoms with Gasteiger partial charge in [0.05, 0.1) is 0 Å². The fraction of sp³-hybridized carbons (Fsp3) is 0.588. The zero-order valence-electron chi connectivity index (χ0n) is 12.7. The molecular formula is C17H25NO2. The van der Waals surface area contributed by atoms with Crippen molar-refractivity contribution in [2.24, 2.45) is 0 Å². The van der Waals surface area contributed by atoms with E-state index < -0.39 is 12.0 Å². The molecule has 1 aromatic rings. The maximum atomic E-state index is 11.6. The van der Waals surface area contributed by atoms with Gasteiger partial charge >= 0.3 is 5.97 Å². The average molecular weight is 275 g/mol. The van der Waals surface area contributed by atoms with Crippen LogP contribution in [-0.4, -0.2) is 29.1 Å². The number of hydrogen-bond acceptors (Lipinski definition) is 2. The number of benzene rings is 1. The van der Waals surface area contributed by atoms with E-state index >= 15 is 0 Å². The lowest BCUT2D eigenvalue weighted by Crippen LogP contribution is -2.37. The van der Waals surface area contributed by atoms with Crippen LogP contribution in [0, 0.1) is 0 Å². The topological polar surface area (TPSA) is 40.5 Å². The lowest BCUT2D eigenvalue weighted by Gasteiger charge is -2.32. The maximum absolute atomic E-state index is 11.6. The van der Waals surface area contributed by atoms with E-state index in [2.05, 4.69) is 37.8 Å². The van der Waals surface area contributed by atoms with Gasteiger partial charge in [-0.25, -0.2) is 0 Å². The molecule has 20 heavy (non-hydrogen) atoms. The molecule has 1 aromatic carbocycles. The number of carbonyl (C=O) groups is 1. The first-order chi connectivity index (χ1) is 9.39. The van der Waals surface area contributed by atoms with Crippen LogP contribution in [0.2, 0.25) is 0 Å². The van der Waals surface area contributed by atoms with Gasteiger partial charge in [-0.3, -0.25) is 9.69 Å². The number of carboxylic acid groups (broad SMARTS) is 1. The Balaban J connectivity index is 2.23. The number of nitrogens with zero attached hydrogens (tertiary/aromatic N) is 1. The number of hydrogen-bond donors (Lipinski definition) is 1. The number of aliphatic carboxylic acids is 1. The Labute approximate surface area is 121 Å². The number of piperidine rings is 1. The molecular weight excluding hydrogens is 250 g/mol. The van der Waals surface area contributed by atoms with Crippen molar-refractivity contribution in [1.82, 2.24) is 4.90 Å². The minimum Gasteiger partial charge on any atom is -0.480 e. The van der Waals surface area contributed by atoms with E-state index in [9.17, 15) is 9.90 Å². The second-order valence-corrected chi connectivity index (χ2v) is 6.71. The summed E-state index contributed by atoms with van der Waals surface area (Å²) in [7, 11) is 0. The highest BCUT2D eigenvalue weighted by molar-refractivity contribution is 5.75. The molecule has 1 atom stereocenters. The van der Waals surface area contributed by atoms with Crippen molar-refractivity contribution in [2.75, 3.05) is 13.1 Å². The van der Waals surface area contributed by atoms with E-state index in [1.807, 2.05) is 12.1 Å². The summed E-state index contributed by atoms with van der Waals surface area (Å²) in [6.45, 7) is 8.28. The van der Waals surface area contributed by atoms with Gasteiger partial charge < -0.3 is 5.11 Å². The smallest absolute Gasteiger partial charge is 0.325 e. The molecule has 1 fully saturated rings. The Morgan fingerprint density at radius 3 is 2.10 bits per heavy atom. The van der Waals surface area contributed by atoms with E-state index in [0.717, 1.165) is 31.5 Å². The van der Waals surface area contributed by atoms with E-state index in [4.69, 9.17) is 0 Å². The Bertz CT molecular complexity index is 453. The quantitative estimate of drug-likeness (QED) is 0.916. The van der Waals surface area contributed by atoms with Crippen molar-refractivity contribution in [3.8, 4) is 0 Å². The normalized spacial score (nSPS) is 18.8. The Morgan fingerprint density at radius 1 is 1.10 bits per heavy atom. The minimum absolute atomic E-state index is 0.0996. The van der Waals surface area contributed by atoms with Crippen LogP contribution < -0.4 is 0 Å². The highest BCUT2D eigenvalue weighted by atomic mass is 16.4. The van der Waals surface area contributed by atoms with Crippen molar-refractivity contribution in [3.05, 3.63) is 35.4 Å². The molecule has 1 heterocycles. The van der Waals surface area contributed by atoms with Crippen LogP contribution in [0.3, 0.4) is 0 Å². The molecule has 1 N–H and O–H groups in total. The Kier molecular flexibility index (Phi) is 4.48. The first-order valence-corrected chi connectivity index (χ1v) is 7.47. The Morgan fingerprint density at radius 2 is 1.65 bits per heavy atom. The molecule has 0 saturated carbocycles. The van der Waals surface area contributed by atoms with Crippen LogP contribution >= 0.6 is 0 Å². The summed E-state index contributed by atoms with van der Waals surface area (Å²) in [6, 6.07) is 7.59. The van der Waals surface area contributed by atoms with Gasteiger partial charge in [-0.1, -0.05) is 51.5 Å². The zero-order chi connectivity index (χ0) is 14.8. The summed E-state index contributed by atoms with van der Waals surface area (Å²) in [5.41, 5.74) is 2.24. The standard InChI is InChI=1S/C17H25NO2/c1-17(2,3)14-9-7-13(8-10-14)15(16(19)20)18-11-5-4-6-12-18/h7-10,15H,4-6,11-12H2,1-3H3,(H,19,20). The van der Waals surface area contributed by atoms with E-state index in [1.54, 1.807) is 0 Å². The van der Waals surface area contributed by atoms with Crippen molar-refractivity contribution in [2.45, 2.75) is 51.5 Å². The van der Waals surface area contributed by atoms with Gasteiger partial charge in [0, 0.05) is 0 Å². The van der Waals surface area contributed by atoms with Crippen molar-refractivity contribution in [3.63, 3.8) is 0 Å². The van der Waals surface area contributed by atoms with Crippen LogP contribution in [-0.2, 0) is 10.2 Å². The SMILES string of the molecule is CC(C)(C)c1ccc(C(C(=O)O)N2CCCCC2)cc1. The third-order valence-electron chi connectivity index (χ3n) is 4.08. The summed E-state index contributed by atoms with van der Waals surface area (Å²) in [4.78, 5) is 13.7. The first-order valence-electron chi connectivity index (χ1n) is 7.47. The summed E-state index contributed by atoms with van der Waals surface area (Å²) in [5, 5.41) is 9.57. The molecule has 0 bridgehead atoms. The molecule has 3 nitrogen and oxygen atoms in total. The summed E-state index contributed by atoms with van der Waals surface area (Å²) < 4.78 is 0. The summed E-state index contributed by atoms with van der Waals surface area (Å²) in [5.74, 6) is -0.740. The molecule has 0 aromatic heterocycles. The Hall–Kier alpha value is -1.35. The molecule has 2 rings (SSSR count). The van der Waals surface area contributed by atoms with Gasteiger partial charge in [0.25, 0.3) is 0 Å². The number of rotatable bonds is 3. The molecule has 110 valence electrons. The molecule has 1 unspecified atom stereocenters. The monoisotopic (exact) mass is 275 g/mol. The molecule has 0 aliphatic carbocycles. The average Bonchev–Trinajstić information content (AvgIpc) is 2.39. The molecule has 0 spiro atoms. The number of carboxylic acids is 1. The fourth-order valence-electron chi connectivity index (χ4n) is 2.85. The molecule has 0 amide bonds. The van der Waals surface area contributed by atoms with Gasteiger partial charge in [0.15, 0.2) is 0 Å². The lowest BCUT2D eigenvalue weighted by molar-refractivity contribution is -0.144. The van der Waals surface area contributed by atoms with Crippen LogP contribution in [0.1, 0.15) is 57.2 Å². The fourth-order valence-corrected chi connectivity index (χ4v) is 2.85. The third kappa shape index (κ3) is 3.40.